The molecule has 2 aromatic rings. The number of rotatable bonds is 10. The number of amides is 2. The standard InChI is InChI=1S/C23H30N2O4/c1-5-13-24-23(27)17(2)25(16-19-7-6-8-21(14-19)29-4)22(26)15-18-9-11-20(28-3)12-10-18/h6-12,14,17H,5,13,15-16H2,1-4H3,(H,24,27)/t17-/m1/s1. The Morgan fingerprint density at radius 1 is 1.00 bits per heavy atom. The molecule has 0 radical (unpaired) electrons. The van der Waals surface area contributed by atoms with Gasteiger partial charge in [0.25, 0.3) is 0 Å². The van der Waals surface area contributed by atoms with E-state index in [0.29, 0.717) is 18.8 Å². The summed E-state index contributed by atoms with van der Waals surface area (Å²) >= 11 is 0. The Balaban J connectivity index is 2.21. The molecule has 6 heteroatoms. The van der Waals surface area contributed by atoms with Crippen LogP contribution in [-0.2, 0) is 22.6 Å². The van der Waals surface area contributed by atoms with Crippen molar-refractivity contribution in [1.82, 2.24) is 10.2 Å². The van der Waals surface area contributed by atoms with E-state index in [-0.39, 0.29) is 18.2 Å². The summed E-state index contributed by atoms with van der Waals surface area (Å²) in [5.41, 5.74) is 1.77. The van der Waals surface area contributed by atoms with Gasteiger partial charge in [0, 0.05) is 13.1 Å². The lowest BCUT2D eigenvalue weighted by Crippen LogP contribution is -2.48. The summed E-state index contributed by atoms with van der Waals surface area (Å²) in [5.74, 6) is 1.19. The van der Waals surface area contributed by atoms with Gasteiger partial charge in [-0.1, -0.05) is 31.2 Å². The molecule has 0 bridgehead atoms. The molecule has 29 heavy (non-hydrogen) atoms. The first-order valence-corrected chi connectivity index (χ1v) is 9.81. The first-order valence-electron chi connectivity index (χ1n) is 9.81. The Morgan fingerprint density at radius 3 is 2.31 bits per heavy atom. The number of nitrogens with zero attached hydrogens (tertiary/aromatic N) is 1. The third-order valence-corrected chi connectivity index (χ3v) is 4.72. The topological polar surface area (TPSA) is 67.9 Å². The number of nitrogens with one attached hydrogen (secondary N) is 1. The normalized spacial score (nSPS) is 11.4. The predicted octanol–water partition coefficient (Wildman–Crippen LogP) is 3.19. The predicted molar refractivity (Wildman–Crippen MR) is 113 cm³/mol. The van der Waals surface area contributed by atoms with Crippen LogP contribution >= 0.6 is 0 Å². The number of carbonyl (C=O) groups is 2. The van der Waals surface area contributed by atoms with Crippen molar-refractivity contribution in [3.63, 3.8) is 0 Å². The third kappa shape index (κ3) is 6.52. The molecule has 0 aliphatic heterocycles. The lowest BCUT2D eigenvalue weighted by Gasteiger charge is -2.29. The van der Waals surface area contributed by atoms with Gasteiger partial charge >= 0.3 is 0 Å². The average molecular weight is 399 g/mol. The van der Waals surface area contributed by atoms with Crippen LogP contribution in [0.2, 0.25) is 0 Å². The summed E-state index contributed by atoms with van der Waals surface area (Å²) in [7, 11) is 3.21. The van der Waals surface area contributed by atoms with Gasteiger partial charge in [0.1, 0.15) is 17.5 Å². The van der Waals surface area contributed by atoms with Crippen molar-refractivity contribution in [2.24, 2.45) is 0 Å². The zero-order valence-electron chi connectivity index (χ0n) is 17.6. The molecule has 1 N–H and O–H groups in total. The Kier molecular flexibility index (Phi) is 8.52. The van der Waals surface area contributed by atoms with Gasteiger partial charge in [0.2, 0.25) is 11.8 Å². The van der Waals surface area contributed by atoms with Crippen LogP contribution in [0.15, 0.2) is 48.5 Å². The first-order chi connectivity index (χ1) is 14.0. The second-order valence-corrected chi connectivity index (χ2v) is 6.87. The zero-order chi connectivity index (χ0) is 21.2. The highest BCUT2D eigenvalue weighted by atomic mass is 16.5. The fraction of sp³-hybridized carbons (Fsp3) is 0.391. The SMILES string of the molecule is CCCNC(=O)[C@@H](C)N(Cc1cccc(OC)c1)C(=O)Cc1ccc(OC)cc1. The number of benzene rings is 2. The summed E-state index contributed by atoms with van der Waals surface area (Å²) in [6, 6.07) is 14.3. The van der Waals surface area contributed by atoms with Crippen LogP contribution in [0, 0.1) is 0 Å². The van der Waals surface area contributed by atoms with E-state index in [2.05, 4.69) is 5.32 Å². The highest BCUT2D eigenvalue weighted by Crippen LogP contribution is 2.18. The van der Waals surface area contributed by atoms with Crippen LogP contribution in [-0.4, -0.2) is 43.5 Å². The van der Waals surface area contributed by atoms with Gasteiger partial charge in [-0.2, -0.15) is 0 Å². The van der Waals surface area contributed by atoms with E-state index in [1.807, 2.05) is 55.5 Å². The van der Waals surface area contributed by atoms with Crippen molar-refractivity contribution in [2.45, 2.75) is 39.3 Å². The number of hydrogen-bond donors (Lipinski definition) is 1. The monoisotopic (exact) mass is 398 g/mol. The Labute approximate surface area is 172 Å². The first kappa shape index (κ1) is 22.3. The molecule has 0 saturated heterocycles. The smallest absolute Gasteiger partial charge is 0.242 e. The van der Waals surface area contributed by atoms with Crippen molar-refractivity contribution in [3.05, 3.63) is 59.7 Å². The van der Waals surface area contributed by atoms with E-state index in [1.165, 1.54) is 0 Å². The highest BCUT2D eigenvalue weighted by Gasteiger charge is 2.26. The van der Waals surface area contributed by atoms with Gasteiger partial charge in [-0.05, 0) is 48.7 Å². The minimum absolute atomic E-state index is 0.114. The Hall–Kier alpha value is -3.02. The molecule has 0 saturated carbocycles. The number of methoxy groups -OCH3 is 2. The van der Waals surface area contributed by atoms with Crippen LogP contribution < -0.4 is 14.8 Å². The molecule has 2 aromatic carbocycles. The summed E-state index contributed by atoms with van der Waals surface area (Å²) < 4.78 is 10.5. The van der Waals surface area contributed by atoms with Crippen LogP contribution in [0.25, 0.3) is 0 Å². The highest BCUT2D eigenvalue weighted by molar-refractivity contribution is 5.88. The molecule has 2 amide bonds. The largest absolute Gasteiger partial charge is 0.497 e. The molecule has 0 heterocycles. The summed E-state index contributed by atoms with van der Waals surface area (Å²) in [6.45, 7) is 4.67. The van der Waals surface area contributed by atoms with E-state index in [0.717, 1.165) is 23.3 Å². The van der Waals surface area contributed by atoms with Gasteiger partial charge in [-0.15, -0.1) is 0 Å². The van der Waals surface area contributed by atoms with Gasteiger partial charge in [0.05, 0.1) is 20.6 Å². The van der Waals surface area contributed by atoms with Gasteiger partial charge in [-0.25, -0.2) is 0 Å². The molecule has 0 spiro atoms. The van der Waals surface area contributed by atoms with Crippen LogP contribution in [0.1, 0.15) is 31.4 Å². The van der Waals surface area contributed by atoms with Crippen molar-refractivity contribution >= 4 is 11.8 Å². The molecule has 0 aliphatic carbocycles. The summed E-state index contributed by atoms with van der Waals surface area (Å²) in [6.07, 6.45) is 1.05. The molecule has 156 valence electrons. The second kappa shape index (κ2) is 11.1. The van der Waals surface area contributed by atoms with E-state index in [4.69, 9.17) is 9.47 Å². The van der Waals surface area contributed by atoms with Crippen LogP contribution in [0.5, 0.6) is 11.5 Å². The second-order valence-electron chi connectivity index (χ2n) is 6.87. The lowest BCUT2D eigenvalue weighted by atomic mass is 10.1. The molecule has 2 rings (SSSR count). The van der Waals surface area contributed by atoms with Crippen LogP contribution in [0.3, 0.4) is 0 Å². The maximum absolute atomic E-state index is 13.1. The molecule has 0 aromatic heterocycles. The molecule has 0 unspecified atom stereocenters. The molecular formula is C23H30N2O4. The number of hydrogen-bond acceptors (Lipinski definition) is 4. The van der Waals surface area contributed by atoms with Crippen molar-refractivity contribution < 1.29 is 19.1 Å². The molecule has 6 nitrogen and oxygen atoms in total. The zero-order valence-corrected chi connectivity index (χ0v) is 17.6. The lowest BCUT2D eigenvalue weighted by molar-refractivity contribution is -0.140. The van der Waals surface area contributed by atoms with Crippen LogP contribution in [0.4, 0.5) is 0 Å². The third-order valence-electron chi connectivity index (χ3n) is 4.72. The van der Waals surface area contributed by atoms with Crippen molar-refractivity contribution in [2.75, 3.05) is 20.8 Å². The molecule has 1 atom stereocenters. The minimum Gasteiger partial charge on any atom is -0.497 e. The average Bonchev–Trinajstić information content (AvgIpc) is 2.75. The van der Waals surface area contributed by atoms with Gasteiger partial charge in [0.15, 0.2) is 0 Å². The number of carbonyl (C=O) groups excluding carboxylic acids is 2. The fourth-order valence-corrected chi connectivity index (χ4v) is 2.97. The molecular weight excluding hydrogens is 368 g/mol. The molecule has 0 aliphatic rings. The maximum Gasteiger partial charge on any atom is 0.242 e. The molecule has 0 fully saturated rings. The van der Waals surface area contributed by atoms with E-state index in [1.54, 1.807) is 26.0 Å². The minimum atomic E-state index is -0.585. The van der Waals surface area contributed by atoms with Gasteiger partial charge in [-0.3, -0.25) is 9.59 Å². The number of ether oxygens (including phenoxy) is 2. The Bertz CT molecular complexity index is 805. The Morgan fingerprint density at radius 2 is 1.69 bits per heavy atom. The van der Waals surface area contributed by atoms with Gasteiger partial charge < -0.3 is 19.7 Å². The van der Waals surface area contributed by atoms with E-state index in [9.17, 15) is 9.59 Å². The fourth-order valence-electron chi connectivity index (χ4n) is 2.97. The maximum atomic E-state index is 13.1. The summed E-state index contributed by atoms with van der Waals surface area (Å²) in [4.78, 5) is 27.3. The van der Waals surface area contributed by atoms with Crippen molar-refractivity contribution in [3.8, 4) is 11.5 Å². The van der Waals surface area contributed by atoms with E-state index < -0.39 is 6.04 Å². The van der Waals surface area contributed by atoms with E-state index >= 15 is 0 Å². The quantitative estimate of drug-likeness (QED) is 0.667. The van der Waals surface area contributed by atoms with Crippen molar-refractivity contribution in [1.29, 1.82) is 0 Å². The summed E-state index contributed by atoms with van der Waals surface area (Å²) in [5, 5.41) is 2.88.